The number of hydrogen-bond donors (Lipinski definition) is 2. The Hall–Kier alpha value is -3.11. The van der Waals surface area contributed by atoms with Crippen LogP contribution in [0.25, 0.3) is 10.9 Å². The van der Waals surface area contributed by atoms with Crippen LogP contribution in [0.5, 0.6) is 11.5 Å². The topological polar surface area (TPSA) is 85.7 Å². The highest BCUT2D eigenvalue weighted by atomic mass is 19.3. The molecule has 212 valence electrons. The average molecular weight is 548 g/mol. The molecule has 0 radical (unpaired) electrons. The molecule has 2 N–H and O–H groups in total. The molecule has 1 aliphatic rings. The van der Waals surface area contributed by atoms with E-state index in [1.807, 2.05) is 6.92 Å². The zero-order valence-corrected chi connectivity index (χ0v) is 23.4. The molecular weight excluding hydrogens is 511 g/mol. The smallest absolute Gasteiger partial charge is 0.303 e. The van der Waals surface area contributed by atoms with Crippen LogP contribution in [-0.2, 0) is 10.7 Å². The predicted molar refractivity (Wildman–Crippen MR) is 143 cm³/mol. The van der Waals surface area contributed by atoms with Crippen LogP contribution in [0.2, 0.25) is 0 Å². The first-order valence-corrected chi connectivity index (χ1v) is 12.9. The zero-order valence-electron chi connectivity index (χ0n) is 23.4. The largest absolute Gasteiger partial charge is 0.493 e. The van der Waals surface area contributed by atoms with Gasteiger partial charge in [0.2, 0.25) is 0 Å². The van der Waals surface area contributed by atoms with Crippen molar-refractivity contribution in [2.24, 2.45) is 5.41 Å². The van der Waals surface area contributed by atoms with Crippen molar-refractivity contribution in [2.75, 3.05) is 26.1 Å². The van der Waals surface area contributed by atoms with Gasteiger partial charge in [-0.1, -0.05) is 12.1 Å². The van der Waals surface area contributed by atoms with E-state index in [0.717, 1.165) is 32.8 Å². The molecule has 2 aromatic carbocycles. The first kappa shape index (κ1) is 28.9. The molecule has 2 atom stereocenters. The highest BCUT2D eigenvalue weighted by Gasteiger charge is 2.50. The number of benzene rings is 2. The molecule has 1 fully saturated rings. The Morgan fingerprint density at radius 2 is 1.79 bits per heavy atom. The van der Waals surface area contributed by atoms with Crippen molar-refractivity contribution in [3.05, 3.63) is 53.1 Å². The van der Waals surface area contributed by atoms with E-state index in [9.17, 15) is 13.9 Å². The second-order valence-electron chi connectivity index (χ2n) is 10.9. The zero-order chi connectivity index (χ0) is 28.8. The summed E-state index contributed by atoms with van der Waals surface area (Å²) in [5.74, 6) is -3.03. The van der Waals surface area contributed by atoms with E-state index in [1.54, 1.807) is 40.2 Å². The van der Waals surface area contributed by atoms with Gasteiger partial charge >= 0.3 is 5.92 Å². The molecule has 0 bridgehead atoms. The van der Waals surface area contributed by atoms with Crippen LogP contribution in [0.1, 0.15) is 63.5 Å². The third kappa shape index (κ3) is 5.49. The number of nitrogens with zero attached hydrogens (tertiary/aromatic N) is 2. The summed E-state index contributed by atoms with van der Waals surface area (Å²) in [6.45, 7) is 7.75. The van der Waals surface area contributed by atoms with E-state index < -0.39 is 28.9 Å². The van der Waals surface area contributed by atoms with Crippen molar-refractivity contribution in [3.63, 3.8) is 0 Å². The molecule has 1 unspecified atom stereocenters. The lowest BCUT2D eigenvalue weighted by Gasteiger charge is -2.30. The highest BCUT2D eigenvalue weighted by Crippen LogP contribution is 2.50. The number of aromatic nitrogens is 2. The van der Waals surface area contributed by atoms with Crippen molar-refractivity contribution in [1.82, 2.24) is 9.97 Å². The minimum absolute atomic E-state index is 0.00931. The van der Waals surface area contributed by atoms with Gasteiger partial charge in [-0.2, -0.15) is 8.78 Å². The molecule has 0 saturated heterocycles. The maximum absolute atomic E-state index is 15.4. The summed E-state index contributed by atoms with van der Waals surface area (Å²) < 4.78 is 62.4. The summed E-state index contributed by atoms with van der Waals surface area (Å²) >= 11 is 0. The summed E-state index contributed by atoms with van der Waals surface area (Å²) in [5.41, 5.74) is -2.78. The third-order valence-electron chi connectivity index (χ3n) is 7.67. The third-order valence-corrected chi connectivity index (χ3v) is 7.67. The van der Waals surface area contributed by atoms with Crippen molar-refractivity contribution in [1.29, 1.82) is 0 Å². The molecule has 7 nitrogen and oxygen atoms in total. The van der Waals surface area contributed by atoms with Gasteiger partial charge in [-0.15, -0.1) is 0 Å². The van der Waals surface area contributed by atoms with Gasteiger partial charge in [0.15, 0.2) is 11.5 Å². The van der Waals surface area contributed by atoms with Gasteiger partial charge in [-0.3, -0.25) is 0 Å². The van der Waals surface area contributed by atoms with Crippen LogP contribution in [-0.4, -0.2) is 47.6 Å². The molecule has 0 aliphatic heterocycles. The molecule has 4 rings (SSSR count). The Morgan fingerprint density at radius 1 is 1.10 bits per heavy atom. The monoisotopic (exact) mass is 547 g/mol. The fourth-order valence-corrected chi connectivity index (χ4v) is 4.67. The second kappa shape index (κ2) is 10.5. The van der Waals surface area contributed by atoms with E-state index in [-0.39, 0.29) is 17.1 Å². The fraction of sp³-hybridized carbons (Fsp3) is 0.517. The molecule has 0 amide bonds. The summed E-state index contributed by atoms with van der Waals surface area (Å²) in [5, 5.41) is 13.7. The maximum atomic E-state index is 15.4. The van der Waals surface area contributed by atoms with Crippen LogP contribution >= 0.6 is 0 Å². The Balaban J connectivity index is 1.69. The summed E-state index contributed by atoms with van der Waals surface area (Å²) in [6, 6.07) is 6.53. The molecule has 0 spiro atoms. The van der Waals surface area contributed by atoms with Crippen molar-refractivity contribution >= 4 is 16.7 Å². The van der Waals surface area contributed by atoms with Crippen LogP contribution in [0.3, 0.4) is 0 Å². The number of anilines is 1. The molecule has 1 aliphatic carbocycles. The van der Waals surface area contributed by atoms with Crippen molar-refractivity contribution in [2.45, 2.75) is 71.1 Å². The number of aryl methyl sites for hydroxylation is 1. The lowest BCUT2D eigenvalue weighted by atomic mass is 9.91. The van der Waals surface area contributed by atoms with Crippen LogP contribution in [0, 0.1) is 18.2 Å². The van der Waals surface area contributed by atoms with Gasteiger partial charge in [0.05, 0.1) is 36.9 Å². The molecule has 1 heterocycles. The summed E-state index contributed by atoms with van der Waals surface area (Å²) in [4.78, 5) is 9.03. The van der Waals surface area contributed by atoms with Crippen LogP contribution < -0.4 is 14.8 Å². The minimum Gasteiger partial charge on any atom is -0.493 e. The molecule has 1 saturated carbocycles. The van der Waals surface area contributed by atoms with Crippen molar-refractivity contribution in [3.8, 4) is 11.5 Å². The number of nitrogens with one attached hydrogen (secondary N) is 1. The number of fused-ring (bicyclic) bond motifs is 1. The lowest BCUT2D eigenvalue weighted by molar-refractivity contribution is -0.170. The average Bonchev–Trinajstić information content (AvgIpc) is 3.67. The molecule has 39 heavy (non-hydrogen) atoms. The van der Waals surface area contributed by atoms with Gasteiger partial charge in [0.25, 0.3) is 0 Å². The number of methoxy groups -OCH3 is 2. The maximum Gasteiger partial charge on any atom is 0.303 e. The second-order valence-corrected chi connectivity index (χ2v) is 10.9. The quantitative estimate of drug-likeness (QED) is 0.291. The van der Waals surface area contributed by atoms with Gasteiger partial charge < -0.3 is 24.6 Å². The fourth-order valence-electron chi connectivity index (χ4n) is 4.67. The Bertz CT molecular complexity index is 1360. The molecule has 3 aromatic rings. The minimum atomic E-state index is -3.80. The number of ether oxygens (including phenoxy) is 3. The molecule has 10 heteroatoms. The van der Waals surface area contributed by atoms with E-state index in [1.165, 1.54) is 12.1 Å². The van der Waals surface area contributed by atoms with E-state index in [2.05, 4.69) is 15.3 Å². The number of rotatable bonds is 11. The SMILES string of the molecule is COc1cc2nc(C)nc(N[C@H](C)c3cccc(C(F)(F)C(C)(C)O)c3F)c2cc1OCC1(C(C)OC)CC1. The number of halogens is 3. The molecular formula is C29H36F3N3O4. The lowest BCUT2D eigenvalue weighted by Crippen LogP contribution is -2.41. The van der Waals surface area contributed by atoms with E-state index in [0.29, 0.717) is 40.7 Å². The first-order chi connectivity index (χ1) is 18.2. The van der Waals surface area contributed by atoms with E-state index in [4.69, 9.17) is 14.2 Å². The predicted octanol–water partition coefficient (Wildman–Crippen LogP) is 6.32. The van der Waals surface area contributed by atoms with E-state index >= 15 is 4.39 Å². The Morgan fingerprint density at radius 3 is 2.38 bits per heavy atom. The summed E-state index contributed by atoms with van der Waals surface area (Å²) in [7, 11) is 3.23. The van der Waals surface area contributed by atoms with Crippen molar-refractivity contribution < 1.29 is 32.5 Å². The molecule has 1 aromatic heterocycles. The standard InChI is InChI=1S/C29H36F3N3O4/c1-16(19-9-8-10-21(25(19)30)29(31,32)27(4,5)36)33-26-20-13-24(39-15-28(11-12-28)17(2)37-6)23(38-7)14-22(20)34-18(3)35-26/h8-10,13-14,16-17,36H,11-12,15H2,1-7H3,(H,33,34,35)/t16-,17?/m1/s1. The Labute approximate surface area is 226 Å². The Kier molecular flexibility index (Phi) is 7.75. The number of hydrogen-bond acceptors (Lipinski definition) is 7. The van der Waals surface area contributed by atoms with Crippen LogP contribution in [0.15, 0.2) is 30.3 Å². The van der Waals surface area contributed by atoms with Crippen LogP contribution in [0.4, 0.5) is 19.0 Å². The first-order valence-electron chi connectivity index (χ1n) is 12.9. The van der Waals surface area contributed by atoms with Gasteiger partial charge in [-0.25, -0.2) is 14.4 Å². The van der Waals surface area contributed by atoms with Gasteiger partial charge in [0.1, 0.15) is 23.1 Å². The van der Waals surface area contributed by atoms with Gasteiger partial charge in [0, 0.05) is 29.5 Å². The summed E-state index contributed by atoms with van der Waals surface area (Å²) in [6.07, 6.45) is 2.05. The highest BCUT2D eigenvalue weighted by molar-refractivity contribution is 5.92. The number of alkyl halides is 2. The normalized spacial score (nSPS) is 16.6. The number of aliphatic hydroxyl groups is 1. The van der Waals surface area contributed by atoms with Gasteiger partial charge in [-0.05, 0) is 59.6 Å².